The molecule has 0 bridgehead atoms. The SMILES string of the molecule is c1ccc(-n2c3ccccc3c3c(N(c4ccc(-c5cccc6c5sc5ccccc56)cc4)c4ccc([Si](c5ccccc5)(c5ccccc5)c5ccccc5)cc4)cccc32)cc1. The molecule has 10 aromatic carbocycles. The predicted molar refractivity (Wildman–Crippen MR) is 277 cm³/mol. The van der Waals surface area contributed by atoms with Crippen LogP contribution in [0.3, 0.4) is 0 Å². The molecule has 0 unspecified atom stereocenters. The van der Waals surface area contributed by atoms with Gasteiger partial charge in [-0.15, -0.1) is 11.3 Å². The van der Waals surface area contributed by atoms with E-state index < -0.39 is 8.07 Å². The highest BCUT2D eigenvalue weighted by Gasteiger charge is 2.41. The van der Waals surface area contributed by atoms with Crippen LogP contribution in [0.1, 0.15) is 0 Å². The Labute approximate surface area is 378 Å². The van der Waals surface area contributed by atoms with Crippen molar-refractivity contribution in [1.29, 1.82) is 0 Å². The normalized spacial score (nSPS) is 11.8. The van der Waals surface area contributed by atoms with Gasteiger partial charge < -0.3 is 9.47 Å². The second-order valence-electron chi connectivity index (χ2n) is 16.4. The number of rotatable bonds is 9. The number of thiophene rings is 1. The fraction of sp³-hybridized carbons (Fsp3) is 0. The van der Waals surface area contributed by atoms with Gasteiger partial charge in [-0.1, -0.05) is 194 Å². The van der Waals surface area contributed by atoms with E-state index in [0.29, 0.717) is 0 Å². The Hall–Kier alpha value is -7.76. The Kier molecular flexibility index (Phi) is 9.40. The van der Waals surface area contributed by atoms with E-state index in [1.807, 2.05) is 11.3 Å². The van der Waals surface area contributed by atoms with Crippen molar-refractivity contribution in [3.63, 3.8) is 0 Å². The largest absolute Gasteiger partial charge is 0.310 e. The Bertz CT molecular complexity index is 3490. The summed E-state index contributed by atoms with van der Waals surface area (Å²) in [6, 6.07) is 94.1. The van der Waals surface area contributed by atoms with Crippen LogP contribution in [0.5, 0.6) is 0 Å². The Morgan fingerprint density at radius 1 is 0.359 bits per heavy atom. The topological polar surface area (TPSA) is 8.17 Å². The molecule has 4 heteroatoms. The minimum Gasteiger partial charge on any atom is -0.310 e. The molecule has 0 aliphatic rings. The standard InChI is InChI=1S/C60H42N2SSi/c1-5-19-44(20-6-1)62-55-31-15-13-28-54(55)59-56(32-18-33-57(59)62)61(45-37-35-43(36-38-45)51-29-17-30-53-52-27-14-16-34-58(52)63-60(51)53)46-39-41-50(42-40-46)64(47-21-7-2-8-22-47,48-23-9-3-10-24-48)49-25-11-4-12-26-49/h1-42H. The smallest absolute Gasteiger partial charge is 0.179 e. The molecule has 0 amide bonds. The summed E-state index contributed by atoms with van der Waals surface area (Å²) in [4.78, 5) is 2.47. The first-order valence-corrected chi connectivity index (χ1v) is 24.7. The van der Waals surface area contributed by atoms with E-state index in [-0.39, 0.29) is 0 Å². The second kappa shape index (κ2) is 15.9. The summed E-state index contributed by atoms with van der Waals surface area (Å²) in [6.45, 7) is 0. The van der Waals surface area contributed by atoms with Crippen LogP contribution in [0.25, 0.3) is 58.8 Å². The van der Waals surface area contributed by atoms with Crippen molar-refractivity contribution < 1.29 is 0 Å². The monoisotopic (exact) mass is 850 g/mol. The van der Waals surface area contributed by atoms with Gasteiger partial charge in [0.05, 0.1) is 16.7 Å². The van der Waals surface area contributed by atoms with Crippen LogP contribution in [0.2, 0.25) is 0 Å². The summed E-state index contributed by atoms with van der Waals surface area (Å²) < 4.78 is 5.05. The van der Waals surface area contributed by atoms with Gasteiger partial charge in [0.1, 0.15) is 0 Å². The van der Waals surface area contributed by atoms with Crippen LogP contribution in [0.4, 0.5) is 17.1 Å². The van der Waals surface area contributed by atoms with Crippen LogP contribution in [-0.2, 0) is 0 Å². The van der Waals surface area contributed by atoms with Crippen LogP contribution < -0.4 is 25.6 Å². The number of para-hydroxylation sites is 2. The van der Waals surface area contributed by atoms with Crippen LogP contribution >= 0.6 is 11.3 Å². The molecule has 0 N–H and O–H groups in total. The van der Waals surface area contributed by atoms with E-state index in [9.17, 15) is 0 Å². The fourth-order valence-electron chi connectivity index (χ4n) is 10.2. The number of aromatic nitrogens is 1. The Morgan fingerprint density at radius 3 is 1.48 bits per heavy atom. The zero-order chi connectivity index (χ0) is 42.5. The summed E-state index contributed by atoms with van der Waals surface area (Å²) in [5.74, 6) is 0. The van der Waals surface area contributed by atoms with Crippen molar-refractivity contribution in [2.24, 2.45) is 0 Å². The predicted octanol–water partition coefficient (Wildman–Crippen LogP) is 13.7. The Balaban J connectivity index is 1.07. The fourth-order valence-corrected chi connectivity index (χ4v) is 16.1. The first kappa shape index (κ1) is 38.0. The third-order valence-corrected chi connectivity index (χ3v) is 19.0. The van der Waals surface area contributed by atoms with E-state index in [1.165, 1.54) is 73.9 Å². The quantitative estimate of drug-likeness (QED) is 0.104. The van der Waals surface area contributed by atoms with E-state index in [2.05, 4.69) is 264 Å². The van der Waals surface area contributed by atoms with Crippen molar-refractivity contribution in [3.05, 3.63) is 255 Å². The molecule has 302 valence electrons. The maximum Gasteiger partial charge on any atom is 0.179 e. The number of hydrogen-bond acceptors (Lipinski definition) is 2. The minimum absolute atomic E-state index is 1.10. The van der Waals surface area contributed by atoms with E-state index in [4.69, 9.17) is 0 Å². The Morgan fingerprint density at radius 2 is 0.844 bits per heavy atom. The van der Waals surface area contributed by atoms with Crippen molar-refractivity contribution in [1.82, 2.24) is 4.57 Å². The average Bonchev–Trinajstić information content (AvgIpc) is 3.93. The molecule has 2 heterocycles. The van der Waals surface area contributed by atoms with E-state index >= 15 is 0 Å². The molecule has 0 aliphatic heterocycles. The molecule has 0 saturated carbocycles. The lowest BCUT2D eigenvalue weighted by Gasteiger charge is -2.35. The van der Waals surface area contributed by atoms with Crippen LogP contribution in [0, 0.1) is 0 Å². The van der Waals surface area contributed by atoms with Gasteiger partial charge >= 0.3 is 0 Å². The zero-order valence-corrected chi connectivity index (χ0v) is 36.9. The summed E-state index contributed by atoms with van der Waals surface area (Å²) >= 11 is 1.88. The number of anilines is 3. The third kappa shape index (κ3) is 6.14. The van der Waals surface area contributed by atoms with Crippen LogP contribution in [0.15, 0.2) is 255 Å². The van der Waals surface area contributed by atoms with Gasteiger partial charge in [-0.3, -0.25) is 0 Å². The molecule has 0 aliphatic carbocycles. The number of fused-ring (bicyclic) bond motifs is 6. The lowest BCUT2D eigenvalue weighted by molar-refractivity contribution is 1.18. The molecule has 2 nitrogen and oxygen atoms in total. The van der Waals surface area contributed by atoms with E-state index in [0.717, 1.165) is 22.7 Å². The van der Waals surface area contributed by atoms with Gasteiger partial charge in [0.15, 0.2) is 8.07 Å². The molecule has 12 aromatic rings. The number of benzene rings is 10. The van der Waals surface area contributed by atoms with Crippen molar-refractivity contribution in [2.45, 2.75) is 0 Å². The first-order chi connectivity index (χ1) is 31.8. The summed E-state index contributed by atoms with van der Waals surface area (Å²) in [7, 11) is -2.73. The van der Waals surface area contributed by atoms with E-state index in [1.54, 1.807) is 0 Å². The lowest BCUT2D eigenvalue weighted by atomic mass is 10.0. The summed E-state index contributed by atoms with van der Waals surface area (Å²) in [5, 5.41) is 10.5. The molecule has 2 aromatic heterocycles. The zero-order valence-electron chi connectivity index (χ0n) is 35.1. The number of nitrogens with zero attached hydrogens (tertiary/aromatic N) is 2. The molecule has 12 rings (SSSR count). The van der Waals surface area contributed by atoms with Gasteiger partial charge in [0.25, 0.3) is 0 Å². The summed E-state index contributed by atoms with van der Waals surface area (Å²) in [5.41, 5.74) is 9.30. The minimum atomic E-state index is -2.73. The highest BCUT2D eigenvalue weighted by molar-refractivity contribution is 7.26. The van der Waals surface area contributed by atoms with Gasteiger partial charge in [0, 0.05) is 48.0 Å². The highest BCUT2D eigenvalue weighted by atomic mass is 32.1. The lowest BCUT2D eigenvalue weighted by Crippen LogP contribution is -2.74. The van der Waals surface area contributed by atoms with Gasteiger partial charge in [-0.2, -0.15) is 0 Å². The molecule has 64 heavy (non-hydrogen) atoms. The van der Waals surface area contributed by atoms with Crippen molar-refractivity contribution in [2.75, 3.05) is 4.90 Å². The second-order valence-corrected chi connectivity index (χ2v) is 21.3. The highest BCUT2D eigenvalue weighted by Crippen LogP contribution is 2.45. The van der Waals surface area contributed by atoms with Gasteiger partial charge in [0.2, 0.25) is 0 Å². The van der Waals surface area contributed by atoms with Crippen molar-refractivity contribution in [3.8, 4) is 16.8 Å². The van der Waals surface area contributed by atoms with Gasteiger partial charge in [-0.05, 0) is 92.5 Å². The van der Waals surface area contributed by atoms with Gasteiger partial charge in [-0.25, -0.2) is 0 Å². The molecule has 0 saturated heterocycles. The molecule has 0 radical (unpaired) electrons. The molecule has 0 spiro atoms. The first-order valence-electron chi connectivity index (χ1n) is 21.9. The van der Waals surface area contributed by atoms with Crippen LogP contribution in [-0.4, -0.2) is 12.6 Å². The summed E-state index contributed by atoms with van der Waals surface area (Å²) in [6.07, 6.45) is 0. The van der Waals surface area contributed by atoms with Crippen molar-refractivity contribution >= 4 is 99.2 Å². The molecular weight excluding hydrogens is 809 g/mol. The molecular formula is C60H42N2SSi. The average molecular weight is 851 g/mol. The molecule has 0 fully saturated rings. The maximum absolute atomic E-state index is 2.73. The maximum atomic E-state index is 2.47. The number of hydrogen-bond donors (Lipinski definition) is 0. The molecule has 0 atom stereocenters. The third-order valence-electron chi connectivity index (χ3n) is 13.0.